The molecule has 1 aliphatic heterocycles. The van der Waals surface area contributed by atoms with E-state index in [4.69, 9.17) is 12.2 Å². The zero-order chi connectivity index (χ0) is 15.9. The smallest absolute Gasteiger partial charge is 0.231 e. The Morgan fingerprint density at radius 2 is 1.91 bits per heavy atom. The van der Waals surface area contributed by atoms with E-state index in [1.54, 1.807) is 0 Å². The Morgan fingerprint density at radius 1 is 1.23 bits per heavy atom. The minimum atomic E-state index is 0.0691. The highest BCUT2D eigenvalue weighted by molar-refractivity contribution is 7.80. The van der Waals surface area contributed by atoms with Crippen LogP contribution in [0.5, 0.6) is 0 Å². The highest BCUT2D eigenvalue weighted by Gasteiger charge is 2.48. The van der Waals surface area contributed by atoms with Gasteiger partial charge in [0.1, 0.15) is 0 Å². The molecule has 1 amide bonds. The summed E-state index contributed by atoms with van der Waals surface area (Å²) in [4.78, 5) is 14.6. The van der Waals surface area contributed by atoms with Crippen LogP contribution in [0.25, 0.3) is 0 Å². The molecule has 1 aromatic carbocycles. The predicted molar refractivity (Wildman–Crippen MR) is 92.2 cm³/mol. The predicted octanol–water partition coefficient (Wildman–Crippen LogP) is 3.34. The molecule has 1 saturated carbocycles. The van der Waals surface area contributed by atoms with Gasteiger partial charge in [0.15, 0.2) is 5.11 Å². The molecule has 0 radical (unpaired) electrons. The maximum Gasteiger partial charge on any atom is 0.231 e. The number of thiocarbonyl (C=S) groups is 1. The molecule has 0 unspecified atom stereocenters. The fraction of sp³-hybridized carbons (Fsp3) is 0.556. The van der Waals surface area contributed by atoms with Crippen LogP contribution in [0.15, 0.2) is 30.3 Å². The number of fused-ring (bicyclic) bond motifs is 1. The Labute approximate surface area is 138 Å². The summed E-state index contributed by atoms with van der Waals surface area (Å²) in [7, 11) is 0. The Balaban J connectivity index is 1.83. The minimum absolute atomic E-state index is 0.0691. The van der Waals surface area contributed by atoms with Crippen molar-refractivity contribution in [1.29, 1.82) is 0 Å². The average Bonchev–Trinajstić information content (AvgIpc) is 2.90. The summed E-state index contributed by atoms with van der Waals surface area (Å²) < 4.78 is 0. The standard InChI is InChI=1S/C18H24N2OS/c1-18(2,3)13-9-14-15(10-13)20(17(22)19-16(14)21)11-12-7-5-4-6-8-12/h4-8,13-15H,9-11H2,1-3H3,(H,19,21,22)/t13-,14-,15+/m0/s1. The molecule has 3 nitrogen and oxygen atoms in total. The molecule has 2 aliphatic rings. The quantitative estimate of drug-likeness (QED) is 0.849. The van der Waals surface area contributed by atoms with Gasteiger partial charge >= 0.3 is 0 Å². The van der Waals surface area contributed by atoms with Gasteiger partial charge in [0.05, 0.1) is 5.92 Å². The van der Waals surface area contributed by atoms with E-state index in [-0.39, 0.29) is 23.3 Å². The Bertz CT molecular complexity index is 578. The fourth-order valence-electron chi connectivity index (χ4n) is 3.74. The number of rotatable bonds is 2. The highest BCUT2D eigenvalue weighted by Crippen LogP contribution is 2.45. The summed E-state index contributed by atoms with van der Waals surface area (Å²) in [6, 6.07) is 10.6. The second kappa shape index (κ2) is 5.65. The molecule has 1 aliphatic carbocycles. The van der Waals surface area contributed by atoms with Gasteiger partial charge in [-0.25, -0.2) is 0 Å². The molecule has 1 aromatic rings. The molecular weight excluding hydrogens is 292 g/mol. The lowest BCUT2D eigenvalue weighted by Gasteiger charge is -2.39. The normalized spacial score (nSPS) is 28.5. The Hall–Kier alpha value is -1.42. The number of carbonyl (C=O) groups is 1. The third kappa shape index (κ3) is 2.89. The van der Waals surface area contributed by atoms with Gasteiger partial charge in [-0.2, -0.15) is 0 Å². The number of benzene rings is 1. The van der Waals surface area contributed by atoms with E-state index in [9.17, 15) is 4.79 Å². The Kier molecular flexibility index (Phi) is 3.98. The van der Waals surface area contributed by atoms with Crippen LogP contribution in [0.3, 0.4) is 0 Å². The van der Waals surface area contributed by atoms with Gasteiger partial charge in [0.25, 0.3) is 0 Å². The average molecular weight is 316 g/mol. The lowest BCUT2D eigenvalue weighted by atomic mass is 9.79. The summed E-state index contributed by atoms with van der Waals surface area (Å²) in [5.74, 6) is 0.748. The molecule has 0 aromatic heterocycles. The largest absolute Gasteiger partial charge is 0.341 e. The van der Waals surface area contributed by atoms with Crippen molar-refractivity contribution in [3.05, 3.63) is 35.9 Å². The monoisotopic (exact) mass is 316 g/mol. The third-order valence-electron chi connectivity index (χ3n) is 5.18. The van der Waals surface area contributed by atoms with Crippen molar-refractivity contribution in [3.8, 4) is 0 Å². The first-order valence-electron chi connectivity index (χ1n) is 8.01. The molecule has 1 heterocycles. The number of amides is 1. The van der Waals surface area contributed by atoms with Crippen molar-refractivity contribution >= 4 is 23.2 Å². The second-order valence-corrected chi connectivity index (χ2v) is 8.00. The maximum atomic E-state index is 12.3. The van der Waals surface area contributed by atoms with Crippen molar-refractivity contribution in [2.24, 2.45) is 17.3 Å². The minimum Gasteiger partial charge on any atom is -0.341 e. The molecular formula is C18H24N2OS. The van der Waals surface area contributed by atoms with E-state index < -0.39 is 0 Å². The molecule has 3 atom stereocenters. The summed E-state index contributed by atoms with van der Waals surface area (Å²) in [6.45, 7) is 7.59. The van der Waals surface area contributed by atoms with Gasteiger partial charge < -0.3 is 10.2 Å². The molecule has 0 bridgehead atoms. The van der Waals surface area contributed by atoms with Gasteiger partial charge in [-0.05, 0) is 42.0 Å². The van der Waals surface area contributed by atoms with Gasteiger partial charge in [0, 0.05) is 12.6 Å². The molecule has 22 heavy (non-hydrogen) atoms. The van der Waals surface area contributed by atoms with Crippen molar-refractivity contribution in [2.75, 3.05) is 0 Å². The lowest BCUT2D eigenvalue weighted by molar-refractivity contribution is -0.126. The Morgan fingerprint density at radius 3 is 2.55 bits per heavy atom. The van der Waals surface area contributed by atoms with E-state index in [2.05, 4.69) is 43.1 Å². The first kappa shape index (κ1) is 15.5. The van der Waals surface area contributed by atoms with Crippen LogP contribution < -0.4 is 5.32 Å². The molecule has 3 rings (SSSR count). The van der Waals surface area contributed by atoms with Crippen molar-refractivity contribution in [2.45, 2.75) is 46.2 Å². The van der Waals surface area contributed by atoms with Crippen molar-refractivity contribution in [1.82, 2.24) is 10.2 Å². The van der Waals surface area contributed by atoms with Crippen LogP contribution in [0, 0.1) is 17.3 Å². The SMILES string of the molecule is CC(C)(C)[C@H]1C[C@@H]2C(=O)NC(=S)N(Cc3ccccc3)[C@@H]2C1. The fourth-order valence-corrected chi connectivity index (χ4v) is 4.04. The van der Waals surface area contributed by atoms with E-state index in [0.29, 0.717) is 11.0 Å². The van der Waals surface area contributed by atoms with Crippen molar-refractivity contribution < 1.29 is 4.79 Å². The highest BCUT2D eigenvalue weighted by atomic mass is 32.1. The van der Waals surface area contributed by atoms with Crippen LogP contribution in [0.1, 0.15) is 39.2 Å². The van der Waals surface area contributed by atoms with Crippen LogP contribution in [0.4, 0.5) is 0 Å². The summed E-state index contributed by atoms with van der Waals surface area (Å²) in [5.41, 5.74) is 1.47. The summed E-state index contributed by atoms with van der Waals surface area (Å²) >= 11 is 5.45. The zero-order valence-corrected chi connectivity index (χ0v) is 14.3. The van der Waals surface area contributed by atoms with Crippen LogP contribution >= 0.6 is 12.2 Å². The maximum absolute atomic E-state index is 12.3. The molecule has 1 saturated heterocycles. The van der Waals surface area contributed by atoms with Crippen molar-refractivity contribution in [3.63, 3.8) is 0 Å². The number of nitrogens with one attached hydrogen (secondary N) is 1. The van der Waals surface area contributed by atoms with Gasteiger partial charge in [-0.15, -0.1) is 0 Å². The first-order valence-corrected chi connectivity index (χ1v) is 8.42. The molecule has 4 heteroatoms. The molecule has 118 valence electrons. The van der Waals surface area contributed by atoms with Gasteiger partial charge in [-0.1, -0.05) is 51.1 Å². The van der Waals surface area contributed by atoms with E-state index in [0.717, 1.165) is 19.4 Å². The molecule has 0 spiro atoms. The van der Waals surface area contributed by atoms with E-state index in [1.165, 1.54) is 5.56 Å². The summed E-state index contributed by atoms with van der Waals surface area (Å²) in [6.07, 6.45) is 2.02. The van der Waals surface area contributed by atoms with Crippen LogP contribution in [-0.2, 0) is 11.3 Å². The molecule has 2 fully saturated rings. The summed E-state index contributed by atoms with van der Waals surface area (Å²) in [5, 5.41) is 3.50. The topological polar surface area (TPSA) is 32.3 Å². The van der Waals surface area contributed by atoms with Crippen LogP contribution in [-0.4, -0.2) is 22.0 Å². The number of hydrogen-bond acceptors (Lipinski definition) is 2. The van der Waals surface area contributed by atoms with Crippen LogP contribution in [0.2, 0.25) is 0 Å². The van der Waals surface area contributed by atoms with E-state index in [1.807, 2.05) is 18.2 Å². The number of nitrogens with zero attached hydrogens (tertiary/aromatic N) is 1. The first-order chi connectivity index (χ1) is 10.4. The second-order valence-electron chi connectivity index (χ2n) is 7.62. The lowest BCUT2D eigenvalue weighted by Crippen LogP contribution is -2.57. The van der Waals surface area contributed by atoms with Gasteiger partial charge in [-0.3, -0.25) is 4.79 Å². The number of hydrogen-bond donors (Lipinski definition) is 1. The zero-order valence-electron chi connectivity index (χ0n) is 13.5. The third-order valence-corrected chi connectivity index (χ3v) is 5.51. The number of carbonyl (C=O) groups excluding carboxylic acids is 1. The van der Waals surface area contributed by atoms with E-state index >= 15 is 0 Å². The van der Waals surface area contributed by atoms with Gasteiger partial charge in [0.2, 0.25) is 5.91 Å². The molecule has 1 N–H and O–H groups in total.